The van der Waals surface area contributed by atoms with Gasteiger partial charge in [0.1, 0.15) is 24.1 Å². The molecule has 2 amide bonds. The Morgan fingerprint density at radius 1 is 0.944 bits per heavy atom. The number of carbonyl (C=O) groups excluding carboxylic acids is 2. The number of carbonyl (C=O) groups is 2. The molecule has 0 saturated heterocycles. The van der Waals surface area contributed by atoms with E-state index >= 15 is 4.79 Å². The number of aliphatic hydroxyl groups excluding tert-OH is 3. The zero-order valence-corrected chi connectivity index (χ0v) is 39.6. The maximum absolute atomic E-state index is 15.2. The second-order valence-corrected chi connectivity index (χ2v) is 17.7. The summed E-state index contributed by atoms with van der Waals surface area (Å²) in [4.78, 5) is 47.3. The average molecular weight is 972 g/mol. The lowest BCUT2D eigenvalue weighted by Crippen LogP contribution is -2.70. The SMILES string of the molecule is C=CCOC12Oc3ccc(OC(=O)NCc4ccccc4)cc3C3C(CCCCO)C(CCCCO)C=C(C(=NOCc4ccc([N+](=O)[O-])cc4)CC1N(CCOCCO)C(=O)c1ccc(C#N)cc1)C32. The molecule has 374 valence electrons. The van der Waals surface area contributed by atoms with Crippen molar-refractivity contribution in [1.29, 1.82) is 5.26 Å². The summed E-state index contributed by atoms with van der Waals surface area (Å²) >= 11 is 0. The van der Waals surface area contributed by atoms with E-state index in [4.69, 9.17) is 28.9 Å². The van der Waals surface area contributed by atoms with Crippen LogP contribution in [0.5, 0.6) is 11.5 Å². The lowest BCUT2D eigenvalue weighted by atomic mass is 9.55. The molecule has 7 rings (SSSR count). The lowest BCUT2D eigenvalue weighted by Gasteiger charge is -2.60. The number of nitro groups is 1. The minimum atomic E-state index is -1.64. The van der Waals surface area contributed by atoms with Crippen molar-refractivity contribution < 1.29 is 53.6 Å². The molecule has 17 nitrogen and oxygen atoms in total. The van der Waals surface area contributed by atoms with Gasteiger partial charge in [-0.3, -0.25) is 14.9 Å². The first-order valence-electron chi connectivity index (χ1n) is 24.1. The second-order valence-electron chi connectivity index (χ2n) is 17.7. The van der Waals surface area contributed by atoms with Crippen molar-refractivity contribution in [2.24, 2.45) is 22.9 Å². The Morgan fingerprint density at radius 3 is 2.38 bits per heavy atom. The van der Waals surface area contributed by atoms with Crippen molar-refractivity contribution in [3.8, 4) is 17.6 Å². The van der Waals surface area contributed by atoms with E-state index in [1.165, 1.54) is 12.1 Å². The van der Waals surface area contributed by atoms with Crippen molar-refractivity contribution in [2.45, 2.75) is 75.8 Å². The first kappa shape index (κ1) is 51.9. The predicted octanol–water partition coefficient (Wildman–Crippen LogP) is 7.74. The largest absolute Gasteiger partial charge is 0.459 e. The number of amides is 2. The molecule has 0 radical (unpaired) electrons. The van der Waals surface area contributed by atoms with Crippen molar-refractivity contribution in [2.75, 3.05) is 46.2 Å². The van der Waals surface area contributed by atoms with Crippen LogP contribution in [0.25, 0.3) is 0 Å². The highest BCUT2D eigenvalue weighted by atomic mass is 16.7. The number of nitriles is 1. The number of unbranched alkanes of at least 4 members (excludes halogenated alkanes) is 2. The van der Waals surface area contributed by atoms with Gasteiger partial charge in [-0.25, -0.2) is 4.79 Å². The smallest absolute Gasteiger partial charge is 0.412 e. The van der Waals surface area contributed by atoms with E-state index in [0.717, 1.165) is 16.7 Å². The van der Waals surface area contributed by atoms with Gasteiger partial charge in [0, 0.05) is 61.9 Å². The van der Waals surface area contributed by atoms with Crippen LogP contribution in [-0.4, -0.2) is 101 Å². The molecule has 1 fully saturated rings. The third-order valence-corrected chi connectivity index (χ3v) is 13.3. The molecule has 1 saturated carbocycles. The predicted molar refractivity (Wildman–Crippen MR) is 262 cm³/mol. The van der Waals surface area contributed by atoms with E-state index in [1.54, 1.807) is 59.5 Å². The maximum atomic E-state index is 15.2. The molecule has 2 aliphatic carbocycles. The molecule has 1 aliphatic heterocycles. The molecular formula is C54H61N5O12. The van der Waals surface area contributed by atoms with Crippen LogP contribution in [0.1, 0.15) is 83.5 Å². The van der Waals surface area contributed by atoms with Gasteiger partial charge in [0.15, 0.2) is 0 Å². The van der Waals surface area contributed by atoms with E-state index in [0.29, 0.717) is 61.1 Å². The van der Waals surface area contributed by atoms with Gasteiger partial charge < -0.3 is 49.3 Å². The summed E-state index contributed by atoms with van der Waals surface area (Å²) in [5.74, 6) is -2.74. The van der Waals surface area contributed by atoms with Crippen LogP contribution in [0.4, 0.5) is 10.5 Å². The topological polar surface area (TPSA) is 236 Å². The summed E-state index contributed by atoms with van der Waals surface area (Å²) in [5, 5.41) is 58.4. The molecule has 3 aliphatic rings. The number of allylic oxidation sites excluding steroid dienone is 1. The highest BCUT2D eigenvalue weighted by Gasteiger charge is 2.65. The van der Waals surface area contributed by atoms with E-state index in [1.807, 2.05) is 36.4 Å². The number of aliphatic hydroxyl groups is 3. The molecule has 4 aromatic carbocycles. The number of rotatable bonds is 25. The standard InChI is InChI=1S/C54H61N5O12/c1-2-28-68-54-49(58(24-29-67-30-27-62)52(63)40-18-14-37(34-55)15-19-40)33-47(57-69-36-39-16-20-42(21-17-39)59(65)66)45-31-41(12-6-8-25-60)44(13-7-9-26-61)50(51(45)54)46-32-43(22-23-48(46)71-54)70-53(64)56-35-38-10-4-3-5-11-38/h2-5,10-11,14-23,31-32,41,44,49-51,60-62H,1,6-9,12-13,24-30,33,35-36H2,(H,56,64). The summed E-state index contributed by atoms with van der Waals surface area (Å²) in [6.45, 7) is 4.05. The average Bonchev–Trinajstić information content (AvgIpc) is 3.39. The number of oxime groups is 1. The van der Waals surface area contributed by atoms with Crippen molar-refractivity contribution >= 4 is 23.4 Å². The first-order chi connectivity index (χ1) is 34.6. The Hall–Kier alpha value is -6.94. The molecule has 0 bridgehead atoms. The zero-order chi connectivity index (χ0) is 50.2. The fourth-order valence-electron chi connectivity index (χ4n) is 10.1. The molecule has 0 spiro atoms. The molecule has 71 heavy (non-hydrogen) atoms. The Morgan fingerprint density at radius 2 is 1.69 bits per heavy atom. The van der Waals surface area contributed by atoms with E-state index in [2.05, 4.69) is 24.0 Å². The molecule has 17 heteroatoms. The Kier molecular flexibility index (Phi) is 18.5. The summed E-state index contributed by atoms with van der Waals surface area (Å²) in [7, 11) is 0. The van der Waals surface area contributed by atoms with Crippen LogP contribution in [0, 0.1) is 39.2 Å². The normalized spacial score (nSPS) is 21.4. The molecule has 6 atom stereocenters. The third-order valence-electron chi connectivity index (χ3n) is 13.3. The monoisotopic (exact) mass is 971 g/mol. The first-order valence-corrected chi connectivity index (χ1v) is 24.1. The van der Waals surface area contributed by atoms with Crippen molar-refractivity contribution in [1.82, 2.24) is 10.2 Å². The van der Waals surface area contributed by atoms with Crippen molar-refractivity contribution in [3.63, 3.8) is 0 Å². The van der Waals surface area contributed by atoms with Gasteiger partial charge in [-0.15, -0.1) is 6.58 Å². The van der Waals surface area contributed by atoms with Gasteiger partial charge in [-0.2, -0.15) is 5.26 Å². The number of nitro benzene ring substituents is 1. The van der Waals surface area contributed by atoms with Gasteiger partial charge in [-0.1, -0.05) is 60.5 Å². The van der Waals surface area contributed by atoms with Crippen LogP contribution in [0.15, 0.2) is 127 Å². The number of benzene rings is 4. The van der Waals surface area contributed by atoms with Crippen molar-refractivity contribution in [3.05, 3.63) is 159 Å². The highest BCUT2D eigenvalue weighted by molar-refractivity contribution is 6.03. The number of nitrogens with one attached hydrogen (secondary N) is 1. The van der Waals surface area contributed by atoms with E-state index in [-0.39, 0.29) is 94.6 Å². The third kappa shape index (κ3) is 12.5. The maximum Gasteiger partial charge on any atom is 0.412 e. The molecule has 0 aromatic heterocycles. The number of fused-ring (bicyclic) bond motifs is 2. The van der Waals surface area contributed by atoms with Crippen LogP contribution in [0.2, 0.25) is 0 Å². The van der Waals surface area contributed by atoms with Gasteiger partial charge in [-0.05, 0) is 109 Å². The second kappa shape index (κ2) is 25.3. The molecule has 4 N–H and O–H groups in total. The molecular weight excluding hydrogens is 911 g/mol. The highest BCUT2D eigenvalue weighted by Crippen LogP contribution is 2.62. The van der Waals surface area contributed by atoms with Crippen LogP contribution in [0.3, 0.4) is 0 Å². The zero-order valence-electron chi connectivity index (χ0n) is 39.6. The number of hydrogen-bond donors (Lipinski definition) is 4. The molecule has 4 aromatic rings. The molecule has 6 unspecified atom stereocenters. The molecule has 1 heterocycles. The Labute approximate surface area is 413 Å². The number of nitrogens with zero attached hydrogens (tertiary/aromatic N) is 4. The van der Waals surface area contributed by atoms with Crippen LogP contribution in [-0.2, 0) is 27.5 Å². The number of non-ortho nitro benzene ring substituents is 1. The summed E-state index contributed by atoms with van der Waals surface area (Å²) in [6.07, 6.45) is 7.05. The Bertz CT molecular complexity index is 2550. The number of hydrogen-bond acceptors (Lipinski definition) is 14. The van der Waals surface area contributed by atoms with Gasteiger partial charge >= 0.3 is 6.09 Å². The summed E-state index contributed by atoms with van der Waals surface area (Å²) in [6, 6.07) is 28.1. The summed E-state index contributed by atoms with van der Waals surface area (Å²) < 4.78 is 26.2. The van der Waals surface area contributed by atoms with Crippen LogP contribution >= 0.6 is 0 Å². The minimum Gasteiger partial charge on any atom is -0.459 e. The summed E-state index contributed by atoms with van der Waals surface area (Å²) in [5.41, 5.74) is 4.10. The fourth-order valence-corrected chi connectivity index (χ4v) is 10.1. The lowest BCUT2D eigenvalue weighted by molar-refractivity contribution is -0.384. The quantitative estimate of drug-likeness (QED) is 0.0216. The Balaban J connectivity index is 1.41. The fraction of sp³-hybridized carbons (Fsp3) is 0.407. The van der Waals surface area contributed by atoms with E-state index in [9.17, 15) is 35.5 Å². The van der Waals surface area contributed by atoms with Gasteiger partial charge in [0.25, 0.3) is 11.6 Å². The van der Waals surface area contributed by atoms with Gasteiger partial charge in [0.2, 0.25) is 5.79 Å². The van der Waals surface area contributed by atoms with Gasteiger partial charge in [0.05, 0.1) is 54.6 Å². The van der Waals surface area contributed by atoms with E-state index < -0.39 is 40.6 Å². The van der Waals surface area contributed by atoms with Crippen LogP contribution < -0.4 is 14.8 Å². The minimum absolute atomic E-state index is 0.00322. The number of ether oxygens (including phenoxy) is 4.